The summed E-state index contributed by atoms with van der Waals surface area (Å²) < 4.78 is 5.30. The Balaban J connectivity index is 2.07. The lowest BCUT2D eigenvalue weighted by Gasteiger charge is -2.07. The summed E-state index contributed by atoms with van der Waals surface area (Å²) >= 11 is 0. The minimum Gasteiger partial charge on any atom is -0.368 e. The van der Waals surface area contributed by atoms with Gasteiger partial charge in [-0.05, 0) is 6.42 Å². The molecule has 1 heterocycles. The van der Waals surface area contributed by atoms with Crippen LogP contribution < -0.4 is 5.32 Å². The zero-order valence-electron chi connectivity index (χ0n) is 8.54. The molecule has 1 N–H and O–H groups in total. The molecule has 1 aliphatic rings. The Morgan fingerprint density at radius 2 is 2.14 bits per heavy atom. The van der Waals surface area contributed by atoms with E-state index in [0.29, 0.717) is 6.61 Å². The predicted octanol–water partition coefficient (Wildman–Crippen LogP) is 0.998. The molecule has 1 atom stereocenters. The maximum Gasteiger partial charge on any atom is 0.256 e. The molecule has 0 radical (unpaired) electrons. The van der Waals surface area contributed by atoms with Crippen LogP contribution in [0, 0.1) is 0 Å². The van der Waals surface area contributed by atoms with Crippen molar-refractivity contribution in [2.45, 2.75) is 45.1 Å². The van der Waals surface area contributed by atoms with Crippen molar-refractivity contribution < 1.29 is 14.3 Å². The molecule has 4 nitrogen and oxygen atoms in total. The molecular formula is C10H17NO3. The maximum absolute atomic E-state index is 11.0. The van der Waals surface area contributed by atoms with E-state index in [1.807, 2.05) is 0 Å². The molecule has 1 saturated heterocycles. The van der Waals surface area contributed by atoms with E-state index in [9.17, 15) is 9.59 Å². The lowest BCUT2D eigenvalue weighted by Crippen LogP contribution is -2.26. The van der Waals surface area contributed by atoms with Crippen LogP contribution in [-0.4, -0.2) is 24.5 Å². The lowest BCUT2D eigenvalue weighted by molar-refractivity contribution is -0.129. The highest BCUT2D eigenvalue weighted by Crippen LogP contribution is 2.08. The van der Waals surface area contributed by atoms with Crippen LogP contribution >= 0.6 is 0 Å². The van der Waals surface area contributed by atoms with Crippen molar-refractivity contribution in [2.75, 3.05) is 6.61 Å². The SMILES string of the molecule is CCCCCCOC1CC(=O)NC1=O. The van der Waals surface area contributed by atoms with E-state index in [1.54, 1.807) is 0 Å². The summed E-state index contributed by atoms with van der Waals surface area (Å²) in [5, 5.41) is 2.22. The number of ether oxygens (including phenoxy) is 1. The Bertz CT molecular complexity index is 215. The third-order valence-electron chi connectivity index (χ3n) is 2.24. The van der Waals surface area contributed by atoms with Crippen LogP contribution in [0.3, 0.4) is 0 Å². The van der Waals surface area contributed by atoms with Gasteiger partial charge in [0.25, 0.3) is 5.91 Å². The first-order valence-corrected chi connectivity index (χ1v) is 5.19. The molecule has 1 rings (SSSR count). The van der Waals surface area contributed by atoms with Gasteiger partial charge in [-0.15, -0.1) is 0 Å². The van der Waals surface area contributed by atoms with Crippen LogP contribution in [0.15, 0.2) is 0 Å². The molecule has 0 bridgehead atoms. The summed E-state index contributed by atoms with van der Waals surface area (Å²) in [7, 11) is 0. The standard InChI is InChI=1S/C10H17NO3/c1-2-3-4-5-6-14-8-7-9(12)11-10(8)13/h8H,2-7H2,1H3,(H,11,12,13). The molecule has 0 aromatic rings. The van der Waals surface area contributed by atoms with E-state index in [2.05, 4.69) is 12.2 Å². The fraction of sp³-hybridized carbons (Fsp3) is 0.800. The highest BCUT2D eigenvalue weighted by Gasteiger charge is 2.30. The van der Waals surface area contributed by atoms with Gasteiger partial charge in [0.05, 0.1) is 6.42 Å². The van der Waals surface area contributed by atoms with Crippen LogP contribution in [0.1, 0.15) is 39.0 Å². The van der Waals surface area contributed by atoms with Crippen LogP contribution in [0.4, 0.5) is 0 Å². The van der Waals surface area contributed by atoms with Gasteiger partial charge in [-0.1, -0.05) is 26.2 Å². The van der Waals surface area contributed by atoms with E-state index in [0.717, 1.165) is 12.8 Å². The fourth-order valence-corrected chi connectivity index (χ4v) is 1.42. The molecule has 0 aliphatic carbocycles. The van der Waals surface area contributed by atoms with Crippen molar-refractivity contribution >= 4 is 11.8 Å². The first-order chi connectivity index (χ1) is 6.74. The summed E-state index contributed by atoms with van der Waals surface area (Å²) in [5.74, 6) is -0.515. The smallest absolute Gasteiger partial charge is 0.256 e. The van der Waals surface area contributed by atoms with Crippen LogP contribution in [0.2, 0.25) is 0 Å². The largest absolute Gasteiger partial charge is 0.368 e. The van der Waals surface area contributed by atoms with E-state index in [-0.39, 0.29) is 18.2 Å². The molecule has 4 heteroatoms. The molecule has 1 aliphatic heterocycles. The number of nitrogens with one attached hydrogen (secondary N) is 1. The summed E-state index contributed by atoms with van der Waals surface area (Å²) in [4.78, 5) is 21.8. The maximum atomic E-state index is 11.0. The minimum atomic E-state index is -0.538. The summed E-state index contributed by atoms with van der Waals surface area (Å²) in [5.41, 5.74) is 0. The Kier molecular flexibility index (Phi) is 4.59. The normalized spacial score (nSPS) is 21.4. The molecule has 0 aromatic carbocycles. The predicted molar refractivity (Wildman–Crippen MR) is 51.6 cm³/mol. The first kappa shape index (κ1) is 11.2. The zero-order chi connectivity index (χ0) is 10.4. The number of hydrogen-bond donors (Lipinski definition) is 1. The summed E-state index contributed by atoms with van der Waals surface area (Å²) in [6, 6.07) is 0. The number of rotatable bonds is 6. The lowest BCUT2D eigenvalue weighted by atomic mass is 10.2. The van der Waals surface area contributed by atoms with E-state index >= 15 is 0 Å². The second kappa shape index (κ2) is 5.75. The van der Waals surface area contributed by atoms with Crippen molar-refractivity contribution in [1.29, 1.82) is 0 Å². The van der Waals surface area contributed by atoms with E-state index < -0.39 is 6.10 Å². The molecule has 14 heavy (non-hydrogen) atoms. The molecule has 2 amide bonds. The Hall–Kier alpha value is -0.900. The number of carbonyl (C=O) groups excluding carboxylic acids is 2. The number of carbonyl (C=O) groups is 2. The van der Waals surface area contributed by atoms with Crippen LogP contribution in [0.5, 0.6) is 0 Å². The van der Waals surface area contributed by atoms with Gasteiger partial charge >= 0.3 is 0 Å². The average molecular weight is 199 g/mol. The summed E-state index contributed by atoms with van der Waals surface area (Å²) in [6.07, 6.45) is 4.11. The molecular weight excluding hydrogens is 182 g/mol. The highest BCUT2D eigenvalue weighted by atomic mass is 16.5. The monoisotopic (exact) mass is 199 g/mol. The zero-order valence-corrected chi connectivity index (χ0v) is 8.54. The van der Waals surface area contributed by atoms with Crippen LogP contribution in [0.25, 0.3) is 0 Å². The molecule has 0 saturated carbocycles. The van der Waals surface area contributed by atoms with Crippen molar-refractivity contribution in [3.05, 3.63) is 0 Å². The second-order valence-electron chi connectivity index (χ2n) is 3.54. The minimum absolute atomic E-state index is 0.187. The number of imide groups is 1. The third-order valence-corrected chi connectivity index (χ3v) is 2.24. The van der Waals surface area contributed by atoms with Gasteiger partial charge in [-0.25, -0.2) is 0 Å². The van der Waals surface area contributed by atoms with Gasteiger partial charge in [0.1, 0.15) is 6.10 Å². The molecule has 1 fully saturated rings. The molecule has 0 spiro atoms. The van der Waals surface area contributed by atoms with Crippen molar-refractivity contribution in [1.82, 2.24) is 5.32 Å². The van der Waals surface area contributed by atoms with Gasteiger partial charge < -0.3 is 4.74 Å². The Labute approximate surface area is 84.0 Å². The quantitative estimate of drug-likeness (QED) is 0.513. The molecule has 1 unspecified atom stereocenters. The molecule has 80 valence electrons. The highest BCUT2D eigenvalue weighted by molar-refractivity contribution is 6.04. The van der Waals surface area contributed by atoms with Crippen LogP contribution in [-0.2, 0) is 14.3 Å². The fourth-order valence-electron chi connectivity index (χ4n) is 1.42. The first-order valence-electron chi connectivity index (χ1n) is 5.19. The Morgan fingerprint density at radius 1 is 1.36 bits per heavy atom. The van der Waals surface area contributed by atoms with Crippen molar-refractivity contribution in [2.24, 2.45) is 0 Å². The van der Waals surface area contributed by atoms with Gasteiger partial charge in [0, 0.05) is 6.61 Å². The van der Waals surface area contributed by atoms with Gasteiger partial charge in [0.15, 0.2) is 0 Å². The summed E-state index contributed by atoms with van der Waals surface area (Å²) in [6.45, 7) is 2.72. The molecule has 0 aromatic heterocycles. The second-order valence-corrected chi connectivity index (χ2v) is 3.54. The average Bonchev–Trinajstić information content (AvgIpc) is 2.45. The van der Waals surface area contributed by atoms with Gasteiger partial charge in [0.2, 0.25) is 5.91 Å². The number of hydrogen-bond acceptors (Lipinski definition) is 3. The van der Waals surface area contributed by atoms with E-state index in [1.165, 1.54) is 12.8 Å². The van der Waals surface area contributed by atoms with Crippen molar-refractivity contribution in [3.8, 4) is 0 Å². The van der Waals surface area contributed by atoms with Crippen molar-refractivity contribution in [3.63, 3.8) is 0 Å². The number of amides is 2. The topological polar surface area (TPSA) is 55.4 Å². The third kappa shape index (κ3) is 3.46. The number of unbranched alkanes of at least 4 members (excludes halogenated alkanes) is 3. The van der Waals surface area contributed by atoms with E-state index in [4.69, 9.17) is 4.74 Å². The van der Waals surface area contributed by atoms with Gasteiger partial charge in [-0.2, -0.15) is 0 Å². The van der Waals surface area contributed by atoms with Gasteiger partial charge in [-0.3, -0.25) is 14.9 Å². The Morgan fingerprint density at radius 3 is 2.71 bits per heavy atom.